The quantitative estimate of drug-likeness (QED) is 0.0213. The van der Waals surface area contributed by atoms with Crippen LogP contribution >= 0.6 is 12.6 Å². The molecule has 462 valence electrons. The summed E-state index contributed by atoms with van der Waals surface area (Å²) >= 11 is 4.19. The van der Waals surface area contributed by atoms with E-state index in [4.69, 9.17) is 22.9 Å². The molecule has 0 aromatic heterocycles. The van der Waals surface area contributed by atoms with Gasteiger partial charge < -0.3 is 86.1 Å². The molecule has 29 nitrogen and oxygen atoms in total. The van der Waals surface area contributed by atoms with Crippen molar-refractivity contribution in [1.29, 1.82) is 0 Å². The van der Waals surface area contributed by atoms with Crippen molar-refractivity contribution >= 4 is 89.6 Å². The Morgan fingerprint density at radius 2 is 0.827 bits per heavy atom. The number of primary amides is 1. The Kier molecular flexibility index (Phi) is 35.7. The Balaban J connectivity index is 6.73. The summed E-state index contributed by atoms with van der Waals surface area (Å²) < 4.78 is 0. The van der Waals surface area contributed by atoms with E-state index in [1.807, 2.05) is 0 Å². The number of nitrogens with two attached hydrogens (primary N) is 4. The van der Waals surface area contributed by atoms with Crippen molar-refractivity contribution in [3.05, 3.63) is 0 Å². The Bertz CT molecular complexity index is 2140. The Hall–Kier alpha value is -6.66. The maximum Gasteiger partial charge on any atom is 0.326 e. The lowest BCUT2D eigenvalue weighted by atomic mass is 9.97. The molecule has 0 aliphatic carbocycles. The van der Waals surface area contributed by atoms with Crippen LogP contribution in [0, 0.1) is 23.7 Å². The first-order chi connectivity index (χ1) is 37.8. The molecule has 0 radical (unpaired) electrons. The average molecular weight is 1170 g/mol. The molecule has 0 rings (SSSR count). The van der Waals surface area contributed by atoms with E-state index in [1.165, 1.54) is 0 Å². The van der Waals surface area contributed by atoms with Gasteiger partial charge in [0.05, 0.1) is 12.5 Å². The Morgan fingerprint density at radius 3 is 1.26 bits per heavy atom. The van der Waals surface area contributed by atoms with Gasteiger partial charge in [-0.1, -0.05) is 68.2 Å². The maximum atomic E-state index is 14.0. The van der Waals surface area contributed by atoms with E-state index in [1.54, 1.807) is 55.4 Å². The highest BCUT2D eigenvalue weighted by molar-refractivity contribution is 7.80. The number of carbonyl (C=O) groups excluding carboxylic acids is 10. The van der Waals surface area contributed by atoms with E-state index < -0.39 is 193 Å². The largest absolute Gasteiger partial charge is 0.481 e. The van der Waals surface area contributed by atoms with Crippen LogP contribution in [0.1, 0.15) is 139 Å². The van der Waals surface area contributed by atoms with Gasteiger partial charge in [-0.2, -0.15) is 12.6 Å². The van der Waals surface area contributed by atoms with Gasteiger partial charge in [0, 0.05) is 18.6 Å². The maximum absolute atomic E-state index is 14.0. The van der Waals surface area contributed by atoms with Gasteiger partial charge in [-0.25, -0.2) is 4.79 Å². The smallest absolute Gasteiger partial charge is 0.326 e. The van der Waals surface area contributed by atoms with E-state index in [9.17, 15) is 77.6 Å². The number of aliphatic carboxylic acids is 3. The summed E-state index contributed by atoms with van der Waals surface area (Å²) in [5.41, 5.74) is 22.6. The molecule has 30 heteroatoms. The third kappa shape index (κ3) is 29.1. The normalized spacial score (nSPS) is 15.3. The second-order valence-corrected chi connectivity index (χ2v) is 21.4. The van der Waals surface area contributed by atoms with Gasteiger partial charge in [0.25, 0.3) is 0 Å². The minimum Gasteiger partial charge on any atom is -0.481 e. The van der Waals surface area contributed by atoms with Gasteiger partial charge in [0.2, 0.25) is 59.1 Å². The average Bonchev–Trinajstić information content (AvgIpc) is 3.38. The lowest BCUT2D eigenvalue weighted by molar-refractivity contribution is -0.144. The van der Waals surface area contributed by atoms with Crippen LogP contribution in [0.15, 0.2) is 0 Å². The Morgan fingerprint density at radius 1 is 0.444 bits per heavy atom. The zero-order valence-electron chi connectivity index (χ0n) is 47.8. The van der Waals surface area contributed by atoms with Crippen molar-refractivity contribution < 1.29 is 77.6 Å². The van der Waals surface area contributed by atoms with Crippen LogP contribution in [-0.4, -0.2) is 172 Å². The molecule has 0 spiro atoms. The summed E-state index contributed by atoms with van der Waals surface area (Å²) in [5, 5.41) is 51.0. The number of hydrogen-bond donors (Lipinski definition) is 17. The highest BCUT2D eigenvalue weighted by atomic mass is 32.1. The SMILES string of the molecule is CC[C@H](C)[C@H](NC(=O)[C@@H](NC(=O)[C@H](CCC(=O)O)NC(=O)[C@H](CCC(N)=O)NC(=O)[C@H](CS)NC(=O)[C@H](CCCCN)NC(=O)[C@H](CC(=O)O)NC(=O)[C@H](CC(C)C)NC(=O)[C@@H](NC(=O)[C@@H](N)CCCCN)C(C)C)C(C)C)C(=O)O. The van der Waals surface area contributed by atoms with E-state index in [-0.39, 0.29) is 31.7 Å². The molecule has 0 aromatic carbocycles. The topological polar surface area (TPSA) is 495 Å². The van der Waals surface area contributed by atoms with Gasteiger partial charge in [-0.05, 0) is 88.1 Å². The van der Waals surface area contributed by atoms with Crippen LogP contribution < -0.4 is 70.8 Å². The number of rotatable bonds is 42. The predicted octanol–water partition coefficient (Wildman–Crippen LogP) is -3.04. The van der Waals surface area contributed by atoms with Crippen LogP contribution in [0.5, 0.6) is 0 Å². The molecular weight excluding hydrogens is 1080 g/mol. The van der Waals surface area contributed by atoms with Crippen LogP contribution in [0.25, 0.3) is 0 Å². The molecule has 0 fully saturated rings. The molecule has 0 saturated carbocycles. The standard InChI is InChI=1S/C51H91N13O16S/c1-9-28(8)41(51(79)80)64-50(78)40(27(6)7)63-45(73)32(17-19-37(66)67)57-44(72)31(16-18-36(55)65)58-48(76)35(24-81)61-43(71)30(15-11-13-21-53)56-47(75)34(23-38(68)69)59-46(74)33(22-25(2)3)60-49(77)39(26(4)5)62-42(70)29(54)14-10-12-20-52/h25-35,39-41,81H,9-24,52-54H2,1-8H3,(H2,55,65)(H,56,75)(H,57,72)(H,58,76)(H,59,74)(H,60,77)(H,61,71)(H,62,70)(H,63,73)(H,64,78)(H,66,67)(H,68,69)(H,79,80)/t28-,29-,30-,31-,32-,33-,34-,35-,39-,40-,41-/m0/s1. The fraction of sp³-hybridized carbons (Fsp3) is 0.745. The van der Waals surface area contributed by atoms with Crippen molar-refractivity contribution in [2.45, 2.75) is 199 Å². The second kappa shape index (κ2) is 38.9. The number of unbranched alkanes of at least 4 members (excludes halogenated alkanes) is 2. The Labute approximate surface area is 478 Å². The number of carboxylic acid groups (broad SMARTS) is 3. The monoisotopic (exact) mass is 1170 g/mol. The van der Waals surface area contributed by atoms with Crippen molar-refractivity contribution in [1.82, 2.24) is 47.9 Å². The predicted molar refractivity (Wildman–Crippen MR) is 299 cm³/mol. The van der Waals surface area contributed by atoms with E-state index in [0.29, 0.717) is 38.6 Å². The number of nitrogens with one attached hydrogen (secondary N) is 9. The van der Waals surface area contributed by atoms with Gasteiger partial charge >= 0.3 is 17.9 Å². The van der Waals surface area contributed by atoms with Crippen molar-refractivity contribution in [2.24, 2.45) is 46.6 Å². The number of hydrogen-bond acceptors (Lipinski definition) is 17. The first kappa shape index (κ1) is 74.3. The molecule has 0 saturated heterocycles. The van der Waals surface area contributed by atoms with Crippen LogP contribution in [0.4, 0.5) is 0 Å². The third-order valence-electron chi connectivity index (χ3n) is 12.9. The fourth-order valence-corrected chi connectivity index (χ4v) is 8.16. The molecule has 0 bridgehead atoms. The fourth-order valence-electron chi connectivity index (χ4n) is 7.91. The molecule has 0 aromatic rings. The third-order valence-corrected chi connectivity index (χ3v) is 13.3. The molecule has 81 heavy (non-hydrogen) atoms. The lowest BCUT2D eigenvalue weighted by Gasteiger charge is -2.29. The molecular formula is C51H91N13O16S. The van der Waals surface area contributed by atoms with Gasteiger partial charge in [0.1, 0.15) is 54.4 Å². The zero-order valence-corrected chi connectivity index (χ0v) is 48.7. The molecule has 10 amide bonds. The van der Waals surface area contributed by atoms with Crippen LogP contribution in [0.3, 0.4) is 0 Å². The first-order valence-electron chi connectivity index (χ1n) is 27.3. The molecule has 0 aliphatic rings. The van der Waals surface area contributed by atoms with Crippen molar-refractivity contribution in [2.75, 3.05) is 18.8 Å². The van der Waals surface area contributed by atoms with Crippen LogP contribution in [-0.2, 0) is 62.3 Å². The summed E-state index contributed by atoms with van der Waals surface area (Å²) in [4.78, 5) is 171. The van der Waals surface area contributed by atoms with E-state index in [0.717, 1.165) is 0 Å². The summed E-state index contributed by atoms with van der Waals surface area (Å²) in [6.45, 7) is 13.7. The molecule has 0 heterocycles. The second-order valence-electron chi connectivity index (χ2n) is 21.1. The number of carboxylic acids is 3. The summed E-state index contributed by atoms with van der Waals surface area (Å²) in [7, 11) is 0. The lowest BCUT2D eigenvalue weighted by Crippen LogP contribution is -2.61. The van der Waals surface area contributed by atoms with Gasteiger partial charge in [-0.15, -0.1) is 0 Å². The number of thiol groups is 1. The highest BCUT2D eigenvalue weighted by Gasteiger charge is 2.37. The first-order valence-corrected chi connectivity index (χ1v) is 27.9. The van der Waals surface area contributed by atoms with Crippen molar-refractivity contribution in [3.8, 4) is 0 Å². The summed E-state index contributed by atoms with van der Waals surface area (Å²) in [5.74, 6) is -16.2. The minimum atomic E-state index is -1.85. The summed E-state index contributed by atoms with van der Waals surface area (Å²) in [6, 6.07) is -14.5. The van der Waals surface area contributed by atoms with Gasteiger partial charge in [0.15, 0.2) is 0 Å². The van der Waals surface area contributed by atoms with Crippen molar-refractivity contribution in [3.63, 3.8) is 0 Å². The number of carbonyl (C=O) groups is 13. The minimum absolute atomic E-state index is 0.00519. The molecule has 0 unspecified atom stereocenters. The van der Waals surface area contributed by atoms with Gasteiger partial charge in [-0.3, -0.25) is 57.5 Å². The van der Waals surface area contributed by atoms with E-state index >= 15 is 0 Å². The molecule has 11 atom stereocenters. The molecule has 20 N–H and O–H groups in total. The zero-order chi connectivity index (χ0) is 62.3. The molecule has 0 aliphatic heterocycles. The highest BCUT2D eigenvalue weighted by Crippen LogP contribution is 2.14. The number of amides is 10. The summed E-state index contributed by atoms with van der Waals surface area (Å²) in [6.07, 6.45) is -0.982. The van der Waals surface area contributed by atoms with E-state index in [2.05, 4.69) is 60.5 Å². The van der Waals surface area contributed by atoms with Crippen LogP contribution in [0.2, 0.25) is 0 Å².